The molecule has 2 aromatic rings. The zero-order valence-electron chi connectivity index (χ0n) is 13.5. The van der Waals surface area contributed by atoms with Crippen molar-refractivity contribution in [2.45, 2.75) is 24.0 Å². The molecule has 0 fully saturated rings. The number of amides is 1. The largest absolute Gasteiger partial charge is 0.495 e. The lowest BCUT2D eigenvalue weighted by Crippen LogP contribution is -2.22. The predicted molar refractivity (Wildman–Crippen MR) is 92.6 cm³/mol. The van der Waals surface area contributed by atoms with Gasteiger partial charge >= 0.3 is 5.69 Å². The molecule has 0 unspecified atom stereocenters. The van der Waals surface area contributed by atoms with Gasteiger partial charge in [0.2, 0.25) is 5.91 Å². The first-order valence-corrected chi connectivity index (χ1v) is 8.01. The van der Waals surface area contributed by atoms with E-state index in [0.717, 1.165) is 17.3 Å². The fourth-order valence-corrected chi connectivity index (χ4v) is 2.94. The van der Waals surface area contributed by atoms with Crippen molar-refractivity contribution in [1.82, 2.24) is 4.98 Å². The fourth-order valence-electron chi connectivity index (χ4n) is 2.01. The van der Waals surface area contributed by atoms with Crippen LogP contribution in [0.4, 0.5) is 11.4 Å². The van der Waals surface area contributed by atoms with Crippen LogP contribution in [0.25, 0.3) is 0 Å². The van der Waals surface area contributed by atoms with Crippen molar-refractivity contribution < 1.29 is 14.5 Å². The van der Waals surface area contributed by atoms with Crippen LogP contribution >= 0.6 is 11.8 Å². The standard InChI is InChI=1S/C16H17N3O4S/c1-10-4-5-14(23-3)12(8-10)18-16(20)11(2)24-15-6-7-17-9-13(15)19(21)22/h4-9,11H,1-3H3,(H,18,20)/t11-/m0/s1. The third-order valence-electron chi connectivity index (χ3n) is 3.24. The molecule has 0 saturated carbocycles. The molecule has 126 valence electrons. The number of aromatic nitrogens is 1. The summed E-state index contributed by atoms with van der Waals surface area (Å²) < 4.78 is 5.23. The van der Waals surface area contributed by atoms with Crippen molar-refractivity contribution >= 4 is 29.0 Å². The number of aryl methyl sites for hydroxylation is 1. The molecule has 1 aromatic carbocycles. The number of hydrogen-bond acceptors (Lipinski definition) is 6. The number of ether oxygens (including phenoxy) is 1. The van der Waals surface area contributed by atoms with E-state index < -0.39 is 10.2 Å². The average molecular weight is 347 g/mol. The maximum Gasteiger partial charge on any atom is 0.301 e. The number of nitrogens with zero attached hydrogens (tertiary/aromatic N) is 2. The molecule has 7 nitrogen and oxygen atoms in total. The van der Waals surface area contributed by atoms with E-state index in [1.54, 1.807) is 13.0 Å². The summed E-state index contributed by atoms with van der Waals surface area (Å²) in [5.41, 5.74) is 1.44. The van der Waals surface area contributed by atoms with E-state index in [9.17, 15) is 14.9 Å². The second kappa shape index (κ2) is 7.78. The first kappa shape index (κ1) is 17.7. The molecular weight excluding hydrogens is 330 g/mol. The second-order valence-corrected chi connectivity index (χ2v) is 6.44. The molecule has 0 radical (unpaired) electrons. The number of nitrogens with one attached hydrogen (secondary N) is 1. The van der Waals surface area contributed by atoms with Gasteiger partial charge in [0.05, 0.1) is 27.9 Å². The smallest absolute Gasteiger partial charge is 0.301 e. The van der Waals surface area contributed by atoms with E-state index in [1.807, 2.05) is 19.1 Å². The SMILES string of the molecule is COc1ccc(C)cc1NC(=O)[C@H](C)Sc1ccncc1[N+](=O)[O-]. The second-order valence-electron chi connectivity index (χ2n) is 5.05. The Kier molecular flexibility index (Phi) is 5.75. The quantitative estimate of drug-likeness (QED) is 0.489. The maximum absolute atomic E-state index is 12.4. The van der Waals surface area contributed by atoms with Crippen LogP contribution in [0, 0.1) is 17.0 Å². The average Bonchev–Trinajstić information content (AvgIpc) is 2.55. The van der Waals surface area contributed by atoms with Crippen molar-refractivity contribution in [2.24, 2.45) is 0 Å². The summed E-state index contributed by atoms with van der Waals surface area (Å²) in [5, 5.41) is 13.3. The predicted octanol–water partition coefficient (Wildman–Crippen LogP) is 3.43. The fraction of sp³-hybridized carbons (Fsp3) is 0.250. The van der Waals surface area contributed by atoms with Crippen molar-refractivity contribution in [3.8, 4) is 5.75 Å². The highest BCUT2D eigenvalue weighted by atomic mass is 32.2. The van der Waals surface area contributed by atoms with Crippen LogP contribution in [-0.2, 0) is 4.79 Å². The first-order valence-electron chi connectivity index (χ1n) is 7.13. The Labute approximate surface area is 143 Å². The molecule has 8 heteroatoms. The zero-order valence-corrected chi connectivity index (χ0v) is 14.3. The van der Waals surface area contributed by atoms with Crippen molar-refractivity contribution in [1.29, 1.82) is 0 Å². The third kappa shape index (κ3) is 4.23. The summed E-state index contributed by atoms with van der Waals surface area (Å²) >= 11 is 1.11. The number of anilines is 1. The first-order chi connectivity index (χ1) is 11.4. The molecule has 2 rings (SSSR count). The summed E-state index contributed by atoms with van der Waals surface area (Å²) in [6, 6.07) is 6.99. The number of benzene rings is 1. The summed E-state index contributed by atoms with van der Waals surface area (Å²) in [7, 11) is 1.53. The van der Waals surface area contributed by atoms with Crippen molar-refractivity contribution in [3.05, 3.63) is 52.3 Å². The van der Waals surface area contributed by atoms with Crippen LogP contribution < -0.4 is 10.1 Å². The molecule has 0 spiro atoms. The Morgan fingerprint density at radius 1 is 1.42 bits per heavy atom. The van der Waals surface area contributed by atoms with Gasteiger partial charge in [0.15, 0.2) is 0 Å². The van der Waals surface area contributed by atoms with Crippen LogP contribution in [0.15, 0.2) is 41.6 Å². The molecule has 1 amide bonds. The van der Waals surface area contributed by atoms with Gasteiger partial charge in [0.25, 0.3) is 0 Å². The Balaban J connectivity index is 2.14. The van der Waals surface area contributed by atoms with Gasteiger partial charge in [0, 0.05) is 6.20 Å². The molecule has 0 aliphatic carbocycles. The molecular formula is C16H17N3O4S. The van der Waals surface area contributed by atoms with Crippen LogP contribution in [0.2, 0.25) is 0 Å². The topological polar surface area (TPSA) is 94.4 Å². The van der Waals surface area contributed by atoms with Gasteiger partial charge in [-0.25, -0.2) is 0 Å². The maximum atomic E-state index is 12.4. The van der Waals surface area contributed by atoms with E-state index in [1.165, 1.54) is 25.6 Å². The lowest BCUT2D eigenvalue weighted by molar-refractivity contribution is -0.388. The van der Waals surface area contributed by atoms with E-state index in [0.29, 0.717) is 16.3 Å². The van der Waals surface area contributed by atoms with E-state index in [-0.39, 0.29) is 11.6 Å². The van der Waals surface area contributed by atoms with Crippen LogP contribution in [0.3, 0.4) is 0 Å². The van der Waals surface area contributed by atoms with Gasteiger partial charge in [-0.15, -0.1) is 11.8 Å². The van der Waals surface area contributed by atoms with Gasteiger partial charge in [-0.3, -0.25) is 19.9 Å². The molecule has 1 heterocycles. The summed E-state index contributed by atoms with van der Waals surface area (Å²) in [4.78, 5) is 27.1. The zero-order chi connectivity index (χ0) is 17.7. The normalized spacial score (nSPS) is 11.6. The Hall–Kier alpha value is -2.61. The molecule has 24 heavy (non-hydrogen) atoms. The Bertz CT molecular complexity index is 767. The number of methoxy groups -OCH3 is 1. The lowest BCUT2D eigenvalue weighted by Gasteiger charge is -2.14. The molecule has 0 aliphatic heterocycles. The van der Waals surface area contributed by atoms with Gasteiger partial charge in [-0.05, 0) is 37.6 Å². The highest BCUT2D eigenvalue weighted by Gasteiger charge is 2.21. The summed E-state index contributed by atoms with van der Waals surface area (Å²) in [5.74, 6) is 0.288. The van der Waals surface area contributed by atoms with E-state index >= 15 is 0 Å². The molecule has 0 aliphatic rings. The van der Waals surface area contributed by atoms with Crippen LogP contribution in [0.5, 0.6) is 5.75 Å². The minimum Gasteiger partial charge on any atom is -0.495 e. The highest BCUT2D eigenvalue weighted by Crippen LogP contribution is 2.32. The lowest BCUT2D eigenvalue weighted by atomic mass is 10.2. The number of carbonyl (C=O) groups excluding carboxylic acids is 1. The van der Waals surface area contributed by atoms with Crippen LogP contribution in [0.1, 0.15) is 12.5 Å². The number of rotatable bonds is 6. The van der Waals surface area contributed by atoms with Gasteiger partial charge in [0.1, 0.15) is 11.9 Å². The monoisotopic (exact) mass is 347 g/mol. The summed E-state index contributed by atoms with van der Waals surface area (Å²) in [6.07, 6.45) is 2.64. The van der Waals surface area contributed by atoms with Gasteiger partial charge in [-0.2, -0.15) is 0 Å². The Morgan fingerprint density at radius 2 is 2.17 bits per heavy atom. The Morgan fingerprint density at radius 3 is 2.83 bits per heavy atom. The molecule has 1 N–H and O–H groups in total. The van der Waals surface area contributed by atoms with Crippen LogP contribution in [-0.4, -0.2) is 28.2 Å². The molecule has 1 aromatic heterocycles. The highest BCUT2D eigenvalue weighted by molar-refractivity contribution is 8.00. The van der Waals surface area contributed by atoms with E-state index in [2.05, 4.69) is 10.3 Å². The minimum absolute atomic E-state index is 0.115. The third-order valence-corrected chi connectivity index (χ3v) is 4.41. The molecule has 0 saturated heterocycles. The van der Waals surface area contributed by atoms with Gasteiger partial charge < -0.3 is 10.1 Å². The number of thioether (sulfide) groups is 1. The van der Waals surface area contributed by atoms with Crippen molar-refractivity contribution in [3.63, 3.8) is 0 Å². The number of hydrogen-bond donors (Lipinski definition) is 1. The number of carbonyl (C=O) groups is 1. The molecule has 0 bridgehead atoms. The summed E-state index contributed by atoms with van der Waals surface area (Å²) in [6.45, 7) is 3.60. The molecule has 1 atom stereocenters. The van der Waals surface area contributed by atoms with Crippen molar-refractivity contribution in [2.75, 3.05) is 12.4 Å². The van der Waals surface area contributed by atoms with Gasteiger partial charge in [-0.1, -0.05) is 6.07 Å². The number of nitro groups is 1. The number of pyridine rings is 1. The minimum atomic E-state index is -0.531. The van der Waals surface area contributed by atoms with E-state index in [4.69, 9.17) is 4.74 Å².